The number of ether oxygens (including phenoxy) is 1. The van der Waals surface area contributed by atoms with Crippen LogP contribution in [0.1, 0.15) is 38.3 Å². The minimum Gasteiger partial charge on any atom is -0.490 e. The molecule has 0 saturated carbocycles. The number of rotatable bonds is 6. The predicted octanol–water partition coefficient (Wildman–Crippen LogP) is 4.87. The molecular weight excluding hydrogens is 549 g/mol. The molecule has 0 spiro atoms. The quantitative estimate of drug-likeness (QED) is 0.273. The molecule has 0 unspecified atom stereocenters. The standard InChI is InChI=1S/C29H26FN5O5S/c1-16(2)39-26-12-23-25(11-22(26)18-10-20(15-33-14-18)40-41(30,37)38)35(19-5-7-32-8-6-19)29-27(28(23)36)21-4-3-17(13-31)9-24(21)34-29/h3-4,9-12,14-16,19,32,34H,5-8H2,1-2H3. The molecule has 0 aliphatic carbocycles. The lowest BCUT2D eigenvalue weighted by Gasteiger charge is -2.28. The van der Waals surface area contributed by atoms with Crippen LogP contribution < -0.4 is 19.7 Å². The maximum atomic E-state index is 14.1. The first-order valence-electron chi connectivity index (χ1n) is 13.2. The van der Waals surface area contributed by atoms with Crippen molar-refractivity contribution < 1.29 is 21.2 Å². The molecule has 3 aromatic heterocycles. The number of nitrogens with one attached hydrogen (secondary N) is 2. The minimum absolute atomic E-state index is 0.0551. The average molecular weight is 576 g/mol. The van der Waals surface area contributed by atoms with Crippen LogP contribution in [-0.2, 0) is 10.5 Å². The summed E-state index contributed by atoms with van der Waals surface area (Å²) in [4.78, 5) is 21.6. The molecule has 0 atom stereocenters. The molecule has 0 bridgehead atoms. The number of pyridine rings is 2. The van der Waals surface area contributed by atoms with Crippen LogP contribution in [0.25, 0.3) is 44.0 Å². The molecule has 6 rings (SSSR count). The molecule has 4 heterocycles. The molecule has 5 aromatic rings. The van der Waals surface area contributed by atoms with Gasteiger partial charge >= 0.3 is 10.5 Å². The van der Waals surface area contributed by atoms with E-state index in [1.54, 1.807) is 24.3 Å². The van der Waals surface area contributed by atoms with E-state index in [2.05, 4.69) is 30.1 Å². The Hall–Kier alpha value is -4.47. The van der Waals surface area contributed by atoms with E-state index >= 15 is 0 Å². The SMILES string of the molecule is CC(C)Oc1cc2c(=O)c3c4ccc(C#N)cc4[nH]c3n(C3CCNCC3)c2cc1-c1cncc(OS(=O)(=O)F)c1. The van der Waals surface area contributed by atoms with Gasteiger partial charge in [-0.25, -0.2) is 0 Å². The number of fused-ring (bicyclic) bond motifs is 4. The Morgan fingerprint density at radius 3 is 2.61 bits per heavy atom. The van der Waals surface area contributed by atoms with Crippen molar-refractivity contribution >= 4 is 43.3 Å². The monoisotopic (exact) mass is 575 g/mol. The van der Waals surface area contributed by atoms with Gasteiger partial charge in [0.15, 0.2) is 11.2 Å². The lowest BCUT2D eigenvalue weighted by atomic mass is 9.99. The van der Waals surface area contributed by atoms with Crippen LogP contribution in [0.4, 0.5) is 3.89 Å². The number of piperidine rings is 1. The zero-order valence-corrected chi connectivity index (χ0v) is 23.1. The van der Waals surface area contributed by atoms with Crippen molar-refractivity contribution in [1.82, 2.24) is 19.9 Å². The van der Waals surface area contributed by atoms with Crippen molar-refractivity contribution in [3.8, 4) is 28.7 Å². The highest BCUT2D eigenvalue weighted by Crippen LogP contribution is 2.39. The van der Waals surface area contributed by atoms with Crippen LogP contribution in [0, 0.1) is 11.3 Å². The van der Waals surface area contributed by atoms with Gasteiger partial charge in [0.2, 0.25) is 0 Å². The normalized spacial score (nSPS) is 14.6. The second-order valence-electron chi connectivity index (χ2n) is 10.3. The number of hydrogen-bond donors (Lipinski definition) is 2. The zero-order chi connectivity index (χ0) is 28.9. The van der Waals surface area contributed by atoms with E-state index in [1.807, 2.05) is 19.9 Å². The number of halogens is 1. The Kier molecular flexibility index (Phi) is 6.63. The number of benzene rings is 2. The molecule has 1 aliphatic heterocycles. The second-order valence-corrected chi connectivity index (χ2v) is 11.3. The summed E-state index contributed by atoms with van der Waals surface area (Å²) in [5, 5.41) is 14.5. The van der Waals surface area contributed by atoms with Gasteiger partial charge in [0, 0.05) is 34.3 Å². The number of aromatic nitrogens is 3. The van der Waals surface area contributed by atoms with Crippen molar-refractivity contribution in [3.63, 3.8) is 0 Å². The number of aromatic amines is 1. The highest BCUT2D eigenvalue weighted by Gasteiger charge is 2.25. The third-order valence-electron chi connectivity index (χ3n) is 7.23. The van der Waals surface area contributed by atoms with Gasteiger partial charge in [-0.2, -0.15) is 13.7 Å². The Morgan fingerprint density at radius 1 is 1.12 bits per heavy atom. The summed E-state index contributed by atoms with van der Waals surface area (Å²) in [7, 11) is -5.26. The first-order valence-corrected chi connectivity index (χ1v) is 14.5. The van der Waals surface area contributed by atoms with E-state index in [0.717, 1.165) is 37.5 Å². The first kappa shape index (κ1) is 26.7. The maximum Gasteiger partial charge on any atom is 0.488 e. The molecule has 10 nitrogen and oxygen atoms in total. The third kappa shape index (κ3) is 4.98. The van der Waals surface area contributed by atoms with Crippen molar-refractivity contribution in [1.29, 1.82) is 5.26 Å². The van der Waals surface area contributed by atoms with Gasteiger partial charge in [-0.1, -0.05) is 9.95 Å². The molecule has 0 radical (unpaired) electrons. The molecule has 41 heavy (non-hydrogen) atoms. The Morgan fingerprint density at radius 2 is 1.90 bits per heavy atom. The summed E-state index contributed by atoms with van der Waals surface area (Å²) >= 11 is 0. The van der Waals surface area contributed by atoms with Crippen molar-refractivity contribution in [3.05, 3.63) is 64.6 Å². The highest BCUT2D eigenvalue weighted by molar-refractivity contribution is 7.81. The lowest BCUT2D eigenvalue weighted by molar-refractivity contribution is 0.244. The summed E-state index contributed by atoms with van der Waals surface area (Å²) in [5.74, 6) is 0.0881. The minimum atomic E-state index is -5.26. The topological polar surface area (TPSA) is 139 Å². The molecule has 0 amide bonds. The van der Waals surface area contributed by atoms with Crippen LogP contribution in [-0.4, -0.2) is 42.1 Å². The van der Waals surface area contributed by atoms with Crippen LogP contribution in [0.5, 0.6) is 11.5 Å². The maximum absolute atomic E-state index is 14.1. The van der Waals surface area contributed by atoms with Crippen molar-refractivity contribution in [2.24, 2.45) is 0 Å². The zero-order valence-electron chi connectivity index (χ0n) is 22.3. The Balaban J connectivity index is 1.70. The van der Waals surface area contributed by atoms with E-state index in [9.17, 15) is 22.4 Å². The fourth-order valence-electron chi connectivity index (χ4n) is 5.62. The van der Waals surface area contributed by atoms with Gasteiger partial charge in [0.05, 0.1) is 40.2 Å². The number of hydrogen-bond acceptors (Lipinski definition) is 8. The van der Waals surface area contributed by atoms with Crippen molar-refractivity contribution in [2.75, 3.05) is 13.1 Å². The molecular formula is C29H26FN5O5S. The molecule has 1 saturated heterocycles. The number of nitriles is 1. The summed E-state index contributed by atoms with van der Waals surface area (Å²) < 4.78 is 48.3. The second kappa shape index (κ2) is 10.2. The Bertz CT molecular complexity index is 2040. The molecule has 1 aliphatic rings. The highest BCUT2D eigenvalue weighted by atomic mass is 32.3. The lowest BCUT2D eigenvalue weighted by Crippen LogP contribution is -2.30. The van der Waals surface area contributed by atoms with Gasteiger partial charge in [-0.3, -0.25) is 9.78 Å². The summed E-state index contributed by atoms with van der Waals surface area (Å²) in [6, 6.07) is 12.3. The van der Waals surface area contributed by atoms with Crippen LogP contribution in [0.15, 0.2) is 53.6 Å². The van der Waals surface area contributed by atoms with E-state index < -0.39 is 10.5 Å². The fraction of sp³-hybridized carbons (Fsp3) is 0.276. The van der Waals surface area contributed by atoms with Crippen molar-refractivity contribution in [2.45, 2.75) is 38.8 Å². The first-order chi connectivity index (χ1) is 19.6. The molecule has 210 valence electrons. The smallest absolute Gasteiger partial charge is 0.488 e. The summed E-state index contributed by atoms with van der Waals surface area (Å²) in [6.07, 6.45) is 3.98. The van der Waals surface area contributed by atoms with Crippen LogP contribution in [0.2, 0.25) is 0 Å². The summed E-state index contributed by atoms with van der Waals surface area (Å²) in [6.45, 7) is 5.32. The van der Waals surface area contributed by atoms with Crippen LogP contribution in [0.3, 0.4) is 0 Å². The van der Waals surface area contributed by atoms with Gasteiger partial charge in [-0.15, -0.1) is 0 Å². The Labute approximate surface area is 234 Å². The van der Waals surface area contributed by atoms with E-state index in [-0.39, 0.29) is 23.3 Å². The van der Waals surface area contributed by atoms with E-state index in [4.69, 9.17) is 4.74 Å². The largest absolute Gasteiger partial charge is 0.490 e. The molecule has 2 N–H and O–H groups in total. The molecule has 2 aromatic carbocycles. The average Bonchev–Trinajstić information content (AvgIpc) is 3.31. The van der Waals surface area contributed by atoms with Gasteiger partial charge < -0.3 is 23.8 Å². The molecule has 1 fully saturated rings. The third-order valence-corrected chi connectivity index (χ3v) is 7.63. The molecule has 12 heteroatoms. The van der Waals surface area contributed by atoms with Gasteiger partial charge in [0.25, 0.3) is 0 Å². The predicted molar refractivity (Wildman–Crippen MR) is 153 cm³/mol. The number of nitrogens with zero attached hydrogens (tertiary/aromatic N) is 3. The van der Waals surface area contributed by atoms with E-state index in [1.165, 1.54) is 12.3 Å². The fourth-order valence-corrected chi connectivity index (χ4v) is 5.94. The number of H-pyrrole nitrogens is 1. The van der Waals surface area contributed by atoms with Gasteiger partial charge in [-0.05, 0) is 70.1 Å². The summed E-state index contributed by atoms with van der Waals surface area (Å²) in [5.41, 5.74) is 3.24. The van der Waals surface area contributed by atoms with E-state index in [0.29, 0.717) is 49.9 Å². The van der Waals surface area contributed by atoms with Crippen LogP contribution >= 0.6 is 0 Å². The van der Waals surface area contributed by atoms with Gasteiger partial charge in [0.1, 0.15) is 11.4 Å².